The number of benzene rings is 2. The van der Waals surface area contributed by atoms with Crippen molar-refractivity contribution in [3.63, 3.8) is 0 Å². The molecule has 2 aromatic carbocycles. The third-order valence-electron chi connectivity index (χ3n) is 3.55. The molecule has 5 nitrogen and oxygen atoms in total. The van der Waals surface area contributed by atoms with Gasteiger partial charge >= 0.3 is 6.18 Å². The Morgan fingerprint density at radius 3 is 2.15 bits per heavy atom. The number of nitrogens with zero attached hydrogens (tertiary/aromatic N) is 1. The average molecular weight is 402 g/mol. The minimum atomic E-state index is -4.76. The maximum atomic E-state index is 13.3. The number of rotatable bonds is 6. The molecule has 0 radical (unpaired) electrons. The van der Waals surface area contributed by atoms with Gasteiger partial charge in [-0.25, -0.2) is 4.39 Å². The molecule has 2 unspecified atom stereocenters. The number of nitro benzene ring substituents is 1. The highest BCUT2D eigenvalue weighted by Gasteiger charge is 2.42. The molecule has 2 rings (SSSR count). The monoisotopic (exact) mass is 402 g/mol. The van der Waals surface area contributed by atoms with Gasteiger partial charge < -0.3 is 5.32 Å². The molecule has 144 valence electrons. The topological polar surface area (TPSA) is 72.2 Å². The van der Waals surface area contributed by atoms with Crippen LogP contribution in [0.5, 0.6) is 0 Å². The molecular formula is C17H14F4N2O3S. The summed E-state index contributed by atoms with van der Waals surface area (Å²) in [6.45, 7) is 1.42. The zero-order valence-electron chi connectivity index (χ0n) is 13.9. The number of thioether (sulfide) groups is 1. The second-order valence-corrected chi connectivity index (χ2v) is 6.96. The van der Waals surface area contributed by atoms with Crippen LogP contribution < -0.4 is 5.32 Å². The van der Waals surface area contributed by atoms with Crippen LogP contribution >= 0.6 is 11.8 Å². The highest BCUT2D eigenvalue weighted by molar-refractivity contribution is 8.00. The van der Waals surface area contributed by atoms with E-state index in [1.54, 1.807) is 0 Å². The molecule has 1 N–H and O–H groups in total. The van der Waals surface area contributed by atoms with Gasteiger partial charge in [-0.3, -0.25) is 14.9 Å². The van der Waals surface area contributed by atoms with Crippen LogP contribution in [0.1, 0.15) is 18.5 Å². The molecular weight excluding hydrogens is 388 g/mol. The second kappa shape index (κ2) is 8.38. The standard InChI is InChI=1S/C17H14F4N2O3S/c1-10(27-14-8-6-13(7-9-14)23(25)26)16(24)22-15(17(19,20)21)11-2-4-12(18)5-3-11/h2-10,15H,1H3,(H,22,24). The molecule has 2 atom stereocenters. The Hall–Kier alpha value is -2.62. The van der Waals surface area contributed by atoms with Crippen molar-refractivity contribution in [3.8, 4) is 0 Å². The molecule has 0 aliphatic carbocycles. The van der Waals surface area contributed by atoms with Crippen LogP contribution in [0.4, 0.5) is 23.2 Å². The Bertz CT molecular complexity index is 810. The summed E-state index contributed by atoms with van der Waals surface area (Å²) < 4.78 is 52.8. The van der Waals surface area contributed by atoms with Gasteiger partial charge in [-0.1, -0.05) is 12.1 Å². The number of alkyl halides is 3. The van der Waals surface area contributed by atoms with Crippen molar-refractivity contribution in [2.45, 2.75) is 29.3 Å². The summed E-state index contributed by atoms with van der Waals surface area (Å²) in [5.41, 5.74) is -0.422. The van der Waals surface area contributed by atoms with Crippen LogP contribution in [0.25, 0.3) is 0 Å². The third-order valence-corrected chi connectivity index (χ3v) is 4.66. The van der Waals surface area contributed by atoms with E-state index in [0.29, 0.717) is 4.90 Å². The number of carbonyl (C=O) groups excluding carboxylic acids is 1. The smallest absolute Gasteiger partial charge is 0.340 e. The van der Waals surface area contributed by atoms with Crippen molar-refractivity contribution in [2.75, 3.05) is 0 Å². The first-order valence-electron chi connectivity index (χ1n) is 7.61. The van der Waals surface area contributed by atoms with Crippen LogP contribution in [0, 0.1) is 15.9 Å². The lowest BCUT2D eigenvalue weighted by Gasteiger charge is -2.23. The number of hydrogen-bond donors (Lipinski definition) is 1. The largest absolute Gasteiger partial charge is 0.412 e. The molecule has 0 heterocycles. The van der Waals surface area contributed by atoms with Gasteiger partial charge in [-0.2, -0.15) is 13.2 Å². The molecule has 0 aromatic heterocycles. The number of nitrogens with one attached hydrogen (secondary N) is 1. The Morgan fingerprint density at radius 2 is 1.67 bits per heavy atom. The average Bonchev–Trinajstić information content (AvgIpc) is 2.60. The zero-order valence-corrected chi connectivity index (χ0v) is 14.7. The Morgan fingerprint density at radius 1 is 1.11 bits per heavy atom. The zero-order chi connectivity index (χ0) is 20.2. The van der Waals surface area contributed by atoms with Gasteiger partial charge in [-0.15, -0.1) is 11.8 Å². The van der Waals surface area contributed by atoms with Crippen LogP contribution in [0.2, 0.25) is 0 Å². The van der Waals surface area contributed by atoms with E-state index in [2.05, 4.69) is 0 Å². The maximum Gasteiger partial charge on any atom is 0.412 e. The fraction of sp³-hybridized carbons (Fsp3) is 0.235. The van der Waals surface area contributed by atoms with Gasteiger partial charge in [0.1, 0.15) is 5.82 Å². The van der Waals surface area contributed by atoms with E-state index >= 15 is 0 Å². The van der Waals surface area contributed by atoms with Crippen molar-refractivity contribution in [3.05, 3.63) is 70.0 Å². The molecule has 2 aromatic rings. The van der Waals surface area contributed by atoms with E-state index in [1.807, 2.05) is 5.32 Å². The Kier molecular flexibility index (Phi) is 6.42. The van der Waals surface area contributed by atoms with Gasteiger partial charge in [0.2, 0.25) is 5.91 Å². The van der Waals surface area contributed by atoms with Gasteiger partial charge in [0, 0.05) is 17.0 Å². The van der Waals surface area contributed by atoms with Crippen molar-refractivity contribution in [2.24, 2.45) is 0 Å². The second-order valence-electron chi connectivity index (χ2n) is 5.55. The number of non-ortho nitro benzene ring substituents is 1. The fourth-order valence-electron chi connectivity index (χ4n) is 2.17. The quantitative estimate of drug-likeness (QED) is 0.331. The summed E-state index contributed by atoms with van der Waals surface area (Å²) >= 11 is 0.960. The molecule has 0 aliphatic rings. The molecule has 10 heteroatoms. The number of nitro groups is 1. The molecule has 0 fully saturated rings. The normalized spacial score (nSPS) is 13.7. The molecule has 27 heavy (non-hydrogen) atoms. The predicted molar refractivity (Wildman–Crippen MR) is 91.8 cm³/mol. The van der Waals surface area contributed by atoms with E-state index in [1.165, 1.54) is 31.2 Å². The lowest BCUT2D eigenvalue weighted by Crippen LogP contribution is -2.41. The number of carbonyl (C=O) groups is 1. The molecule has 0 saturated carbocycles. The van der Waals surface area contributed by atoms with E-state index in [0.717, 1.165) is 36.0 Å². The van der Waals surface area contributed by atoms with Gasteiger partial charge in [0.15, 0.2) is 6.04 Å². The molecule has 1 amide bonds. The van der Waals surface area contributed by atoms with Gasteiger partial charge in [-0.05, 0) is 36.8 Å². The minimum Gasteiger partial charge on any atom is -0.340 e. The summed E-state index contributed by atoms with van der Waals surface area (Å²) in [4.78, 5) is 22.7. The number of halogens is 4. The first kappa shape index (κ1) is 20.7. The first-order chi connectivity index (χ1) is 12.6. The third kappa shape index (κ3) is 5.68. The summed E-state index contributed by atoms with van der Waals surface area (Å²) in [6, 6.07) is 6.72. The van der Waals surface area contributed by atoms with Crippen LogP contribution in [-0.2, 0) is 4.79 Å². The molecule has 0 aliphatic heterocycles. The SMILES string of the molecule is CC(Sc1ccc([N+](=O)[O-])cc1)C(=O)NC(c1ccc(F)cc1)C(F)(F)F. The predicted octanol–water partition coefficient (Wildman–Crippen LogP) is 4.63. The fourth-order valence-corrected chi connectivity index (χ4v) is 3.05. The lowest BCUT2D eigenvalue weighted by atomic mass is 10.1. The Labute approximate surface area is 155 Å². The van der Waals surface area contributed by atoms with Gasteiger partial charge in [0.25, 0.3) is 5.69 Å². The summed E-state index contributed by atoms with van der Waals surface area (Å²) in [5, 5.41) is 11.7. The van der Waals surface area contributed by atoms with Gasteiger partial charge in [0.05, 0.1) is 10.2 Å². The van der Waals surface area contributed by atoms with Crippen molar-refractivity contribution < 1.29 is 27.3 Å². The minimum absolute atomic E-state index is 0.134. The van der Waals surface area contributed by atoms with E-state index in [4.69, 9.17) is 0 Å². The summed E-state index contributed by atoms with van der Waals surface area (Å²) in [7, 11) is 0. The Balaban J connectivity index is 2.09. The highest BCUT2D eigenvalue weighted by atomic mass is 32.2. The van der Waals surface area contributed by atoms with Crippen LogP contribution in [0.15, 0.2) is 53.4 Å². The highest BCUT2D eigenvalue weighted by Crippen LogP contribution is 2.34. The lowest BCUT2D eigenvalue weighted by molar-refractivity contribution is -0.384. The number of hydrogen-bond acceptors (Lipinski definition) is 4. The van der Waals surface area contributed by atoms with E-state index in [-0.39, 0.29) is 11.3 Å². The van der Waals surface area contributed by atoms with Crippen molar-refractivity contribution in [1.29, 1.82) is 0 Å². The molecule has 0 bridgehead atoms. The molecule has 0 saturated heterocycles. The summed E-state index contributed by atoms with van der Waals surface area (Å²) in [6.07, 6.45) is -4.76. The van der Waals surface area contributed by atoms with Crippen LogP contribution in [0.3, 0.4) is 0 Å². The number of amides is 1. The van der Waals surface area contributed by atoms with Crippen molar-refractivity contribution in [1.82, 2.24) is 5.32 Å². The van der Waals surface area contributed by atoms with E-state index < -0.39 is 34.1 Å². The van der Waals surface area contributed by atoms with Crippen LogP contribution in [-0.4, -0.2) is 22.3 Å². The maximum absolute atomic E-state index is 13.3. The molecule has 0 spiro atoms. The van der Waals surface area contributed by atoms with E-state index in [9.17, 15) is 32.5 Å². The summed E-state index contributed by atoms with van der Waals surface area (Å²) in [5.74, 6) is -1.56. The van der Waals surface area contributed by atoms with Crippen molar-refractivity contribution >= 4 is 23.4 Å². The first-order valence-corrected chi connectivity index (χ1v) is 8.49.